The fraction of sp³-hybridized carbons (Fsp3) is 0.692. The Morgan fingerprint density at radius 1 is 0.762 bits per heavy atom. The van der Waals surface area contributed by atoms with Crippen molar-refractivity contribution in [3.05, 3.63) is 0 Å². The lowest BCUT2D eigenvalue weighted by molar-refractivity contribution is -0.140. The molecule has 1 aliphatic heterocycles. The van der Waals surface area contributed by atoms with Gasteiger partial charge in [-0.3, -0.25) is 52.7 Å². The van der Waals surface area contributed by atoms with E-state index < -0.39 is 127 Å². The van der Waals surface area contributed by atoms with E-state index in [1.807, 2.05) is 13.8 Å². The number of amides is 10. The Hall–Kier alpha value is -6.20. The van der Waals surface area contributed by atoms with E-state index in [0.717, 1.165) is 5.01 Å². The van der Waals surface area contributed by atoms with Gasteiger partial charge in [0.2, 0.25) is 53.2 Å². The number of unbranched alkanes of at least 4 members (excludes halogenated alkanes) is 1. The maximum atomic E-state index is 13.4. The molecule has 63 heavy (non-hydrogen) atoms. The van der Waals surface area contributed by atoms with Crippen LogP contribution in [0.15, 0.2) is 5.10 Å². The van der Waals surface area contributed by atoms with Gasteiger partial charge in [-0.2, -0.15) is 5.10 Å². The SMILES string of the molecule is CC(C)CC1NC(=O)CCC/C=N/N(CC(=O)N[C@@H](C)C(=O)N[C@@H](CCC(=O)O)C(=O)N[C@@H](C)C(=O)N[C@@H](C)C(=O)N[C@@H](CCCCN)C(=O)N[C@@H](C)C(N)=O)C(=O)[C@H](C)NC1=O. The Kier molecular flexibility index (Phi) is 24.1. The van der Waals surface area contributed by atoms with E-state index in [9.17, 15) is 57.8 Å². The largest absolute Gasteiger partial charge is 0.481 e. The van der Waals surface area contributed by atoms with Crippen LogP contribution in [0, 0.1) is 5.92 Å². The Labute approximate surface area is 366 Å². The molecule has 354 valence electrons. The molecule has 0 aromatic heterocycles. The number of nitrogens with one attached hydrogen (secondary N) is 8. The summed E-state index contributed by atoms with van der Waals surface area (Å²) in [6.07, 6.45) is 2.48. The third-order valence-corrected chi connectivity index (χ3v) is 9.51. The molecule has 0 saturated heterocycles. The van der Waals surface area contributed by atoms with Gasteiger partial charge in [0, 0.05) is 19.1 Å². The molecule has 0 bridgehead atoms. The first-order chi connectivity index (χ1) is 29.5. The zero-order valence-corrected chi connectivity index (χ0v) is 37.0. The van der Waals surface area contributed by atoms with Gasteiger partial charge in [0.25, 0.3) is 5.91 Å². The van der Waals surface area contributed by atoms with Gasteiger partial charge in [0.1, 0.15) is 54.9 Å². The van der Waals surface area contributed by atoms with Crippen LogP contribution in [0.1, 0.15) is 106 Å². The summed E-state index contributed by atoms with van der Waals surface area (Å²) in [5, 5.41) is 33.9. The molecule has 0 aromatic rings. The molecule has 0 fully saturated rings. The molecule has 0 aliphatic carbocycles. The minimum Gasteiger partial charge on any atom is -0.481 e. The fourth-order valence-corrected chi connectivity index (χ4v) is 5.80. The molecule has 1 heterocycles. The van der Waals surface area contributed by atoms with E-state index in [-0.39, 0.29) is 31.1 Å². The molecule has 0 radical (unpaired) electrons. The van der Waals surface area contributed by atoms with Gasteiger partial charge in [-0.15, -0.1) is 0 Å². The second-order valence-corrected chi connectivity index (χ2v) is 15.8. The minimum absolute atomic E-state index is 0.0424. The first-order valence-electron chi connectivity index (χ1n) is 20.9. The maximum Gasteiger partial charge on any atom is 0.303 e. The van der Waals surface area contributed by atoms with Crippen LogP contribution in [0.5, 0.6) is 0 Å². The topological polar surface area (TPSA) is 372 Å². The van der Waals surface area contributed by atoms with E-state index in [4.69, 9.17) is 11.5 Å². The molecule has 0 aromatic carbocycles. The highest BCUT2D eigenvalue weighted by Gasteiger charge is 2.32. The van der Waals surface area contributed by atoms with Gasteiger partial charge < -0.3 is 59.1 Å². The predicted octanol–water partition coefficient (Wildman–Crippen LogP) is -3.51. The zero-order chi connectivity index (χ0) is 48.0. The number of nitrogens with zero attached hydrogens (tertiary/aromatic N) is 2. The van der Waals surface area contributed by atoms with Crippen molar-refractivity contribution in [3.8, 4) is 0 Å². The molecule has 24 heteroatoms. The van der Waals surface area contributed by atoms with Crippen molar-refractivity contribution in [1.29, 1.82) is 0 Å². The number of carboxylic acid groups (broad SMARTS) is 1. The number of aliphatic carboxylic acids is 1. The van der Waals surface area contributed by atoms with Gasteiger partial charge in [-0.05, 0) is 92.0 Å². The maximum absolute atomic E-state index is 13.4. The molecule has 0 saturated carbocycles. The normalized spacial score (nSPS) is 19.3. The van der Waals surface area contributed by atoms with Gasteiger partial charge in [0.05, 0.1) is 0 Å². The van der Waals surface area contributed by atoms with Gasteiger partial charge in [-0.25, -0.2) is 5.01 Å². The summed E-state index contributed by atoms with van der Waals surface area (Å²) in [4.78, 5) is 140. The highest BCUT2D eigenvalue weighted by Crippen LogP contribution is 2.09. The van der Waals surface area contributed by atoms with E-state index in [2.05, 4.69) is 47.6 Å². The van der Waals surface area contributed by atoms with Crippen molar-refractivity contribution >= 4 is 71.3 Å². The number of primary amides is 1. The average molecular weight is 895 g/mol. The summed E-state index contributed by atoms with van der Waals surface area (Å²) < 4.78 is 0. The second-order valence-electron chi connectivity index (χ2n) is 15.8. The van der Waals surface area contributed by atoms with E-state index in [0.29, 0.717) is 32.2 Å². The second kappa shape index (κ2) is 27.7. The molecule has 1 unspecified atom stereocenters. The smallest absolute Gasteiger partial charge is 0.303 e. The number of rotatable bonds is 23. The number of carboxylic acids is 1. The van der Waals surface area contributed by atoms with Crippen LogP contribution in [0.25, 0.3) is 0 Å². The Morgan fingerprint density at radius 2 is 1.29 bits per heavy atom. The molecule has 8 atom stereocenters. The van der Waals surface area contributed by atoms with Crippen LogP contribution < -0.4 is 54.0 Å². The summed E-state index contributed by atoms with van der Waals surface area (Å²) in [7, 11) is 0. The molecule has 13 N–H and O–H groups in total. The molecular formula is C39H66N12O12. The van der Waals surface area contributed by atoms with E-state index in [1.54, 1.807) is 0 Å². The van der Waals surface area contributed by atoms with Crippen LogP contribution in [0.4, 0.5) is 0 Å². The lowest BCUT2D eigenvalue weighted by atomic mass is 10.0. The number of nitrogens with two attached hydrogens (primary N) is 2. The predicted molar refractivity (Wildman–Crippen MR) is 226 cm³/mol. The van der Waals surface area contributed by atoms with Crippen LogP contribution in [-0.2, 0) is 52.7 Å². The van der Waals surface area contributed by atoms with Gasteiger partial charge >= 0.3 is 5.97 Å². The summed E-state index contributed by atoms with van der Waals surface area (Å²) in [5.74, 6) is -8.83. The number of hydrogen-bond donors (Lipinski definition) is 11. The summed E-state index contributed by atoms with van der Waals surface area (Å²) in [6, 6.07) is -9.62. The third-order valence-electron chi connectivity index (χ3n) is 9.51. The highest BCUT2D eigenvalue weighted by atomic mass is 16.4. The number of carbonyl (C=O) groups excluding carboxylic acids is 10. The first kappa shape index (κ1) is 54.8. The summed E-state index contributed by atoms with van der Waals surface area (Å²) >= 11 is 0. The van der Waals surface area contributed by atoms with Crippen molar-refractivity contribution in [1.82, 2.24) is 47.5 Å². The van der Waals surface area contributed by atoms with Crippen molar-refractivity contribution < 1.29 is 57.8 Å². The lowest BCUT2D eigenvalue weighted by Gasteiger charge is -2.25. The number of carbonyl (C=O) groups is 11. The summed E-state index contributed by atoms with van der Waals surface area (Å²) in [5.41, 5.74) is 10.8. The van der Waals surface area contributed by atoms with Crippen molar-refractivity contribution in [2.24, 2.45) is 22.5 Å². The molecule has 1 aliphatic rings. The quantitative estimate of drug-likeness (QED) is 0.0444. The molecule has 10 amide bonds. The van der Waals surface area contributed by atoms with Crippen molar-refractivity contribution in [2.75, 3.05) is 13.1 Å². The standard InChI is InChI=1S/C39H66N12O12/c1-20(2)18-28-38(62)47-25(7)39(63)51(42-17-11-9-13-29(52)48-28)19-30(53)43-22(4)34(58)50-27(14-15-31(54)55)37(61)46-23(5)33(57)45-24(6)35(59)49-26(12-8-10-16-40)36(60)44-21(3)32(41)56/h17,20-28H,8-16,18-19,40H2,1-7H3,(H2,41,56)(H,43,53)(H,44,60)(H,45,57)(H,46,61)(H,47,62)(H,48,52)(H,49,59)(H,50,58)(H,54,55)/b42-17+/t21-,22-,23-,24-,25-,26-,27-,28?/m0/s1. The molecular weight excluding hydrogens is 829 g/mol. The molecule has 1 rings (SSSR count). The highest BCUT2D eigenvalue weighted by molar-refractivity contribution is 5.97. The lowest BCUT2D eigenvalue weighted by Crippen LogP contribution is -2.58. The minimum atomic E-state index is -1.52. The molecule has 0 spiro atoms. The van der Waals surface area contributed by atoms with Gasteiger partial charge in [-0.1, -0.05) is 13.8 Å². The van der Waals surface area contributed by atoms with Crippen LogP contribution in [-0.4, -0.2) is 143 Å². The fourth-order valence-electron chi connectivity index (χ4n) is 5.80. The Balaban J connectivity index is 2.99. The monoisotopic (exact) mass is 894 g/mol. The van der Waals surface area contributed by atoms with Crippen LogP contribution in [0.3, 0.4) is 0 Å². The van der Waals surface area contributed by atoms with E-state index in [1.165, 1.54) is 40.8 Å². The first-order valence-corrected chi connectivity index (χ1v) is 20.9. The van der Waals surface area contributed by atoms with E-state index >= 15 is 0 Å². The Bertz CT molecular complexity index is 1690. The zero-order valence-electron chi connectivity index (χ0n) is 37.0. The average Bonchev–Trinajstić information content (AvgIpc) is 3.20. The third kappa shape index (κ3) is 21.0. The number of hydrazone groups is 1. The van der Waals surface area contributed by atoms with Crippen LogP contribution >= 0.6 is 0 Å². The van der Waals surface area contributed by atoms with Crippen molar-refractivity contribution in [2.45, 2.75) is 155 Å². The van der Waals surface area contributed by atoms with Crippen LogP contribution in [0.2, 0.25) is 0 Å². The summed E-state index contributed by atoms with van der Waals surface area (Å²) in [6.45, 7) is 9.99. The molecule has 24 nitrogen and oxygen atoms in total. The Morgan fingerprint density at radius 3 is 1.83 bits per heavy atom. The van der Waals surface area contributed by atoms with Crippen molar-refractivity contribution in [3.63, 3.8) is 0 Å². The van der Waals surface area contributed by atoms with Gasteiger partial charge in [0.15, 0.2) is 0 Å². The number of hydrogen-bond acceptors (Lipinski definition) is 13.